The van der Waals surface area contributed by atoms with Crippen LogP contribution in [0.15, 0.2) is 24.3 Å². The van der Waals surface area contributed by atoms with Crippen molar-refractivity contribution in [3.05, 3.63) is 29.8 Å². The molecule has 0 spiro atoms. The second kappa shape index (κ2) is 4.01. The van der Waals surface area contributed by atoms with Crippen LogP contribution in [0.3, 0.4) is 0 Å². The lowest BCUT2D eigenvalue weighted by Gasteiger charge is -2.06. The van der Waals surface area contributed by atoms with E-state index in [9.17, 15) is 13.6 Å². The maximum Gasteiger partial charge on any atom is 0.335 e. The molecule has 0 saturated heterocycles. The lowest BCUT2D eigenvalue weighted by Crippen LogP contribution is -1.99. The standard InChI is InChI=1S/C7H6O5S/c8-7(9)5-1-3-6(4-2-5)12-13(10)11/h1-4H,(H,8,9)(H,10,11)/p-1. The van der Waals surface area contributed by atoms with E-state index in [1.54, 1.807) is 0 Å². The molecule has 13 heavy (non-hydrogen) atoms. The second-order valence-corrected chi connectivity index (χ2v) is 2.69. The third-order valence-electron chi connectivity index (χ3n) is 1.27. The Morgan fingerprint density at radius 1 is 1.38 bits per heavy atom. The van der Waals surface area contributed by atoms with E-state index in [0.717, 1.165) is 0 Å². The molecule has 0 saturated carbocycles. The summed E-state index contributed by atoms with van der Waals surface area (Å²) < 4.78 is 24.4. The summed E-state index contributed by atoms with van der Waals surface area (Å²) in [4.78, 5) is 10.4. The molecule has 1 aromatic rings. The van der Waals surface area contributed by atoms with Crippen LogP contribution in [0.4, 0.5) is 0 Å². The average molecular weight is 201 g/mol. The smallest absolute Gasteiger partial charge is 0.335 e. The molecule has 0 aliphatic carbocycles. The van der Waals surface area contributed by atoms with E-state index in [-0.39, 0.29) is 11.3 Å². The summed E-state index contributed by atoms with van der Waals surface area (Å²) in [7, 11) is 0. The summed E-state index contributed by atoms with van der Waals surface area (Å²) in [6, 6.07) is 5.04. The van der Waals surface area contributed by atoms with Gasteiger partial charge in [-0.3, -0.25) is 0 Å². The van der Waals surface area contributed by atoms with Gasteiger partial charge < -0.3 is 13.8 Å². The minimum Gasteiger partial charge on any atom is -0.740 e. The molecular formula is C7H5O5S-. The molecule has 1 aromatic carbocycles. The van der Waals surface area contributed by atoms with E-state index < -0.39 is 17.3 Å². The number of hydrogen-bond acceptors (Lipinski definition) is 4. The Hall–Kier alpha value is -1.40. The number of aromatic carboxylic acids is 1. The molecule has 0 bridgehead atoms. The summed E-state index contributed by atoms with van der Waals surface area (Å²) >= 11 is -2.63. The van der Waals surface area contributed by atoms with Crippen molar-refractivity contribution in [2.75, 3.05) is 0 Å². The van der Waals surface area contributed by atoms with Crippen LogP contribution >= 0.6 is 0 Å². The quantitative estimate of drug-likeness (QED) is 0.722. The maximum atomic E-state index is 10.4. The molecule has 0 radical (unpaired) electrons. The first-order chi connectivity index (χ1) is 6.09. The van der Waals surface area contributed by atoms with Crippen LogP contribution in [0.1, 0.15) is 10.4 Å². The predicted octanol–water partition coefficient (Wildman–Crippen LogP) is 0.558. The van der Waals surface area contributed by atoms with Crippen molar-refractivity contribution in [1.29, 1.82) is 0 Å². The van der Waals surface area contributed by atoms with Gasteiger partial charge in [0, 0.05) is 0 Å². The second-order valence-electron chi connectivity index (χ2n) is 2.12. The van der Waals surface area contributed by atoms with Crippen molar-refractivity contribution < 1.29 is 22.8 Å². The summed E-state index contributed by atoms with van der Waals surface area (Å²) in [5, 5.41) is 8.50. The number of hydrogen-bond donors (Lipinski definition) is 1. The molecule has 1 unspecified atom stereocenters. The SMILES string of the molecule is O=C(O)c1ccc(OS(=O)[O-])cc1. The molecule has 6 heteroatoms. The van der Waals surface area contributed by atoms with E-state index in [1.807, 2.05) is 0 Å². The minimum absolute atomic E-state index is 0.0732. The molecule has 0 aliphatic rings. The van der Waals surface area contributed by atoms with Gasteiger partial charge >= 0.3 is 5.97 Å². The first-order valence-electron chi connectivity index (χ1n) is 3.20. The third-order valence-corrected chi connectivity index (χ3v) is 1.59. The van der Waals surface area contributed by atoms with Crippen molar-refractivity contribution >= 4 is 17.3 Å². The lowest BCUT2D eigenvalue weighted by atomic mass is 10.2. The Kier molecular flexibility index (Phi) is 2.99. The fourth-order valence-electron chi connectivity index (χ4n) is 0.732. The van der Waals surface area contributed by atoms with Crippen molar-refractivity contribution in [3.63, 3.8) is 0 Å². The van der Waals surface area contributed by atoms with E-state index in [2.05, 4.69) is 4.18 Å². The highest BCUT2D eigenvalue weighted by atomic mass is 32.2. The van der Waals surface area contributed by atoms with Crippen molar-refractivity contribution in [3.8, 4) is 5.75 Å². The Balaban J connectivity index is 2.81. The van der Waals surface area contributed by atoms with Gasteiger partial charge in [0.05, 0.1) is 5.56 Å². The maximum absolute atomic E-state index is 10.4. The summed E-state index contributed by atoms with van der Waals surface area (Å²) in [5.41, 5.74) is 0.0732. The molecule has 0 aromatic heterocycles. The average Bonchev–Trinajstić information content (AvgIpc) is 2.04. The summed E-state index contributed by atoms with van der Waals surface area (Å²) in [6.07, 6.45) is 0. The highest BCUT2D eigenvalue weighted by Crippen LogP contribution is 2.12. The fourth-order valence-corrected chi connectivity index (χ4v) is 1.000. The summed E-state index contributed by atoms with van der Waals surface area (Å²) in [6.45, 7) is 0. The van der Waals surface area contributed by atoms with Gasteiger partial charge in [-0.05, 0) is 24.3 Å². The van der Waals surface area contributed by atoms with Gasteiger partial charge in [0.1, 0.15) is 17.1 Å². The van der Waals surface area contributed by atoms with E-state index in [1.165, 1.54) is 24.3 Å². The molecule has 1 atom stereocenters. The van der Waals surface area contributed by atoms with Crippen molar-refractivity contribution in [2.45, 2.75) is 0 Å². The third kappa shape index (κ3) is 2.85. The molecule has 0 aliphatic heterocycles. The van der Waals surface area contributed by atoms with Gasteiger partial charge in [0.25, 0.3) is 0 Å². The van der Waals surface area contributed by atoms with E-state index in [0.29, 0.717) is 0 Å². The van der Waals surface area contributed by atoms with Gasteiger partial charge in [-0.1, -0.05) is 0 Å². The van der Waals surface area contributed by atoms with Gasteiger partial charge in [0.15, 0.2) is 0 Å². The van der Waals surface area contributed by atoms with E-state index >= 15 is 0 Å². The first kappa shape index (κ1) is 9.69. The molecule has 1 rings (SSSR count). The Morgan fingerprint density at radius 2 is 1.92 bits per heavy atom. The Morgan fingerprint density at radius 3 is 2.31 bits per heavy atom. The Labute approximate surface area is 76.5 Å². The molecule has 5 nitrogen and oxygen atoms in total. The largest absolute Gasteiger partial charge is 0.740 e. The van der Waals surface area contributed by atoms with Crippen LogP contribution in [-0.4, -0.2) is 19.8 Å². The molecule has 0 heterocycles. The number of carboxylic acids is 1. The highest BCUT2D eigenvalue weighted by molar-refractivity contribution is 7.74. The first-order valence-corrected chi connectivity index (χ1v) is 4.20. The Bertz CT molecular complexity index is 331. The molecule has 0 fully saturated rings. The topological polar surface area (TPSA) is 86.7 Å². The number of benzene rings is 1. The lowest BCUT2D eigenvalue weighted by molar-refractivity contribution is 0.0697. The van der Waals surface area contributed by atoms with Crippen LogP contribution in [-0.2, 0) is 11.4 Å². The van der Waals surface area contributed by atoms with Gasteiger partial charge in [-0.25, -0.2) is 9.00 Å². The van der Waals surface area contributed by atoms with Gasteiger partial charge in [-0.2, -0.15) is 0 Å². The molecule has 70 valence electrons. The number of carboxylic acid groups (broad SMARTS) is 1. The monoisotopic (exact) mass is 201 g/mol. The zero-order valence-corrected chi connectivity index (χ0v) is 7.11. The van der Waals surface area contributed by atoms with Gasteiger partial charge in [0.2, 0.25) is 0 Å². The van der Waals surface area contributed by atoms with Crippen LogP contribution in [0.5, 0.6) is 5.75 Å². The highest BCUT2D eigenvalue weighted by Gasteiger charge is 2.01. The van der Waals surface area contributed by atoms with Crippen LogP contribution in [0.25, 0.3) is 0 Å². The van der Waals surface area contributed by atoms with E-state index in [4.69, 9.17) is 5.11 Å². The summed E-state index contributed by atoms with van der Waals surface area (Å²) in [5.74, 6) is -0.992. The zero-order chi connectivity index (χ0) is 9.84. The van der Waals surface area contributed by atoms with Crippen LogP contribution < -0.4 is 4.18 Å². The van der Waals surface area contributed by atoms with Gasteiger partial charge in [-0.15, -0.1) is 0 Å². The molecular weight excluding hydrogens is 196 g/mol. The van der Waals surface area contributed by atoms with Crippen molar-refractivity contribution in [2.24, 2.45) is 0 Å². The molecule has 1 N–H and O–H groups in total. The van der Waals surface area contributed by atoms with Crippen LogP contribution in [0, 0.1) is 0 Å². The fraction of sp³-hybridized carbons (Fsp3) is 0. The minimum atomic E-state index is -2.63. The van der Waals surface area contributed by atoms with Crippen LogP contribution in [0.2, 0.25) is 0 Å². The predicted molar refractivity (Wildman–Crippen MR) is 42.9 cm³/mol. The number of carbonyl (C=O) groups is 1. The zero-order valence-electron chi connectivity index (χ0n) is 6.30. The molecule has 0 amide bonds. The normalized spacial score (nSPS) is 12.1. The number of rotatable bonds is 3. The van der Waals surface area contributed by atoms with Crippen molar-refractivity contribution in [1.82, 2.24) is 0 Å².